The predicted octanol–water partition coefficient (Wildman–Crippen LogP) is 2.45. The van der Waals surface area contributed by atoms with Gasteiger partial charge in [-0.25, -0.2) is 0 Å². The normalized spacial score (nSPS) is 29.9. The Morgan fingerprint density at radius 3 is 2.10 bits per heavy atom. The van der Waals surface area contributed by atoms with Crippen molar-refractivity contribution in [2.24, 2.45) is 11.7 Å². The van der Waals surface area contributed by atoms with Crippen LogP contribution in [0.2, 0.25) is 0 Å². The van der Waals surface area contributed by atoms with E-state index in [1.165, 1.54) is 84.0 Å². The summed E-state index contributed by atoms with van der Waals surface area (Å²) >= 11 is 0. The number of rotatable bonds is 4. The van der Waals surface area contributed by atoms with Gasteiger partial charge in [0.2, 0.25) is 0 Å². The van der Waals surface area contributed by atoms with Crippen molar-refractivity contribution < 1.29 is 0 Å². The standard InChI is InChI=1S/C17H33N3/c18-17(15-6-2-3-7-15)14-19-12-8-16(9-13-19)20-10-4-1-5-11-20/h15-17H,1-14,18H2. The van der Waals surface area contributed by atoms with Crippen molar-refractivity contribution in [2.45, 2.75) is 69.9 Å². The van der Waals surface area contributed by atoms with Gasteiger partial charge in [0.15, 0.2) is 0 Å². The molecule has 3 aliphatic rings. The van der Waals surface area contributed by atoms with Crippen molar-refractivity contribution in [3.8, 4) is 0 Å². The average Bonchev–Trinajstić information content (AvgIpc) is 3.03. The summed E-state index contributed by atoms with van der Waals surface area (Å²) in [5.74, 6) is 0.815. The van der Waals surface area contributed by atoms with Crippen molar-refractivity contribution in [1.29, 1.82) is 0 Å². The van der Waals surface area contributed by atoms with E-state index < -0.39 is 0 Å². The first-order valence-corrected chi connectivity index (χ1v) is 9.05. The molecule has 0 radical (unpaired) electrons. The molecule has 2 N–H and O–H groups in total. The lowest BCUT2D eigenvalue weighted by Crippen LogP contribution is -2.50. The van der Waals surface area contributed by atoms with E-state index in [1.54, 1.807) is 0 Å². The zero-order valence-corrected chi connectivity index (χ0v) is 13.1. The lowest BCUT2D eigenvalue weighted by Gasteiger charge is -2.41. The Labute approximate surface area is 124 Å². The predicted molar refractivity (Wildman–Crippen MR) is 84.8 cm³/mol. The highest BCUT2D eigenvalue weighted by Gasteiger charge is 2.28. The molecule has 0 aromatic heterocycles. The summed E-state index contributed by atoms with van der Waals surface area (Å²) in [6.45, 7) is 6.42. The van der Waals surface area contributed by atoms with Crippen LogP contribution < -0.4 is 5.73 Å². The Hall–Kier alpha value is -0.120. The minimum Gasteiger partial charge on any atom is -0.326 e. The van der Waals surface area contributed by atoms with Gasteiger partial charge in [-0.2, -0.15) is 0 Å². The summed E-state index contributed by atoms with van der Waals surface area (Å²) in [7, 11) is 0. The van der Waals surface area contributed by atoms with Crippen molar-refractivity contribution in [2.75, 3.05) is 32.7 Å². The molecule has 0 aromatic carbocycles. The molecule has 0 bridgehead atoms. The van der Waals surface area contributed by atoms with Crippen LogP contribution in [0.5, 0.6) is 0 Å². The van der Waals surface area contributed by atoms with Crippen LogP contribution in [0.15, 0.2) is 0 Å². The summed E-state index contributed by atoms with van der Waals surface area (Å²) in [5, 5.41) is 0. The molecule has 3 rings (SSSR count). The molecule has 3 fully saturated rings. The number of hydrogen-bond donors (Lipinski definition) is 1. The van der Waals surface area contributed by atoms with Crippen LogP contribution in [0.4, 0.5) is 0 Å². The van der Waals surface area contributed by atoms with Crippen molar-refractivity contribution in [3.63, 3.8) is 0 Å². The lowest BCUT2D eigenvalue weighted by molar-refractivity contribution is 0.0869. The van der Waals surface area contributed by atoms with E-state index in [4.69, 9.17) is 5.73 Å². The Morgan fingerprint density at radius 2 is 1.45 bits per heavy atom. The van der Waals surface area contributed by atoms with Gasteiger partial charge in [-0.3, -0.25) is 0 Å². The Bertz CT molecular complexity index is 274. The van der Waals surface area contributed by atoms with Gasteiger partial charge < -0.3 is 15.5 Å². The topological polar surface area (TPSA) is 32.5 Å². The maximum absolute atomic E-state index is 6.44. The molecule has 1 saturated carbocycles. The molecule has 0 spiro atoms. The fraction of sp³-hybridized carbons (Fsp3) is 1.00. The fourth-order valence-corrected chi connectivity index (χ4v) is 4.58. The molecular weight excluding hydrogens is 246 g/mol. The van der Waals surface area contributed by atoms with E-state index >= 15 is 0 Å². The lowest BCUT2D eigenvalue weighted by atomic mass is 9.96. The van der Waals surface area contributed by atoms with Crippen LogP contribution in [0.3, 0.4) is 0 Å². The number of hydrogen-bond acceptors (Lipinski definition) is 3. The monoisotopic (exact) mass is 279 g/mol. The smallest absolute Gasteiger partial charge is 0.0196 e. The van der Waals surface area contributed by atoms with Gasteiger partial charge in [0.25, 0.3) is 0 Å². The average molecular weight is 279 g/mol. The number of likely N-dealkylation sites (tertiary alicyclic amines) is 2. The van der Waals surface area contributed by atoms with Crippen LogP contribution in [-0.2, 0) is 0 Å². The molecular formula is C17H33N3. The van der Waals surface area contributed by atoms with Gasteiger partial charge in [0.05, 0.1) is 0 Å². The van der Waals surface area contributed by atoms with Crippen molar-refractivity contribution >= 4 is 0 Å². The summed E-state index contributed by atoms with van der Waals surface area (Å²) < 4.78 is 0. The third-order valence-corrected chi connectivity index (χ3v) is 5.94. The van der Waals surface area contributed by atoms with E-state index in [9.17, 15) is 0 Å². The fourth-order valence-electron chi connectivity index (χ4n) is 4.58. The quantitative estimate of drug-likeness (QED) is 0.858. The van der Waals surface area contributed by atoms with E-state index in [1.807, 2.05) is 0 Å². The first kappa shape index (κ1) is 14.8. The van der Waals surface area contributed by atoms with Gasteiger partial charge in [0.1, 0.15) is 0 Å². The second-order valence-corrected chi connectivity index (χ2v) is 7.34. The molecule has 2 aliphatic heterocycles. The number of piperidine rings is 2. The molecule has 3 nitrogen and oxygen atoms in total. The first-order chi connectivity index (χ1) is 9.83. The highest BCUT2D eigenvalue weighted by atomic mass is 15.2. The SMILES string of the molecule is NC(CN1CCC(N2CCCCC2)CC1)C1CCCC1. The molecule has 3 heteroatoms. The van der Waals surface area contributed by atoms with Crippen LogP contribution in [0.25, 0.3) is 0 Å². The Morgan fingerprint density at radius 1 is 0.800 bits per heavy atom. The van der Waals surface area contributed by atoms with Gasteiger partial charge in [-0.05, 0) is 70.6 Å². The summed E-state index contributed by atoms with van der Waals surface area (Å²) in [4.78, 5) is 5.40. The van der Waals surface area contributed by atoms with Crippen LogP contribution in [0, 0.1) is 5.92 Å². The van der Waals surface area contributed by atoms with Crippen molar-refractivity contribution in [1.82, 2.24) is 9.80 Å². The second-order valence-electron chi connectivity index (χ2n) is 7.34. The van der Waals surface area contributed by atoms with Crippen LogP contribution >= 0.6 is 0 Å². The molecule has 0 amide bonds. The Kier molecular flexibility index (Phi) is 5.36. The van der Waals surface area contributed by atoms with E-state index in [-0.39, 0.29) is 0 Å². The van der Waals surface area contributed by atoms with Gasteiger partial charge in [-0.1, -0.05) is 19.3 Å². The molecule has 0 aromatic rings. The summed E-state index contributed by atoms with van der Waals surface area (Å²) in [6.07, 6.45) is 12.6. The molecule has 116 valence electrons. The van der Waals surface area contributed by atoms with E-state index in [0.717, 1.165) is 18.5 Å². The molecule has 1 atom stereocenters. The first-order valence-electron chi connectivity index (χ1n) is 9.05. The van der Waals surface area contributed by atoms with Gasteiger partial charge >= 0.3 is 0 Å². The highest BCUT2D eigenvalue weighted by molar-refractivity contribution is 4.85. The molecule has 20 heavy (non-hydrogen) atoms. The van der Waals surface area contributed by atoms with Crippen LogP contribution in [0.1, 0.15) is 57.8 Å². The minimum atomic E-state index is 0.434. The van der Waals surface area contributed by atoms with E-state index in [2.05, 4.69) is 9.80 Å². The summed E-state index contributed by atoms with van der Waals surface area (Å²) in [6, 6.07) is 1.30. The third kappa shape index (κ3) is 3.75. The molecule has 1 unspecified atom stereocenters. The third-order valence-electron chi connectivity index (χ3n) is 5.94. The maximum atomic E-state index is 6.44. The van der Waals surface area contributed by atoms with Crippen LogP contribution in [-0.4, -0.2) is 54.6 Å². The van der Waals surface area contributed by atoms with Gasteiger partial charge in [0, 0.05) is 18.6 Å². The van der Waals surface area contributed by atoms with Gasteiger partial charge in [-0.15, -0.1) is 0 Å². The number of nitrogens with zero attached hydrogens (tertiary/aromatic N) is 2. The summed E-state index contributed by atoms with van der Waals surface area (Å²) in [5.41, 5.74) is 6.44. The second kappa shape index (κ2) is 7.24. The van der Waals surface area contributed by atoms with E-state index in [0.29, 0.717) is 6.04 Å². The maximum Gasteiger partial charge on any atom is 0.0196 e. The molecule has 2 heterocycles. The molecule has 2 saturated heterocycles. The largest absolute Gasteiger partial charge is 0.326 e. The Balaban J connectivity index is 1.39. The number of nitrogens with two attached hydrogens (primary N) is 1. The zero-order valence-electron chi connectivity index (χ0n) is 13.1. The molecule has 1 aliphatic carbocycles. The van der Waals surface area contributed by atoms with Crippen molar-refractivity contribution in [3.05, 3.63) is 0 Å². The highest BCUT2D eigenvalue weighted by Crippen LogP contribution is 2.28. The zero-order chi connectivity index (χ0) is 13.8. The minimum absolute atomic E-state index is 0.434.